The fraction of sp³-hybridized carbons (Fsp3) is 0.591. The Bertz CT molecular complexity index is 742. The standard InChI is InChI=1S/C22H32N2O5/c1-6-9-17(16-12-10-14(4)11-13-16)23-21(28)24-19(27)22(7-2,8-3)20(24)29-15(5)18(25)26/h10-13,15,17,20H,6-9H2,1-5H3,(H,23,28)(H,25,26). The van der Waals surface area contributed by atoms with Crippen molar-refractivity contribution in [3.63, 3.8) is 0 Å². The molecule has 1 aliphatic rings. The van der Waals surface area contributed by atoms with Crippen LogP contribution in [0.4, 0.5) is 4.79 Å². The van der Waals surface area contributed by atoms with Crippen molar-refractivity contribution < 1.29 is 24.2 Å². The number of likely N-dealkylation sites (tertiary alicyclic amines) is 1. The average molecular weight is 405 g/mol. The van der Waals surface area contributed by atoms with Gasteiger partial charge in [-0.15, -0.1) is 0 Å². The number of aliphatic carboxylic acids is 1. The van der Waals surface area contributed by atoms with Crippen molar-refractivity contribution >= 4 is 17.9 Å². The van der Waals surface area contributed by atoms with Crippen LogP contribution in [-0.2, 0) is 14.3 Å². The van der Waals surface area contributed by atoms with E-state index < -0.39 is 29.7 Å². The third-order valence-electron chi connectivity index (χ3n) is 5.87. The first-order chi connectivity index (χ1) is 13.7. The minimum Gasteiger partial charge on any atom is -0.479 e. The van der Waals surface area contributed by atoms with Gasteiger partial charge >= 0.3 is 12.0 Å². The number of carbonyl (C=O) groups is 3. The molecule has 0 radical (unpaired) electrons. The minimum atomic E-state index is -1.13. The molecule has 7 heteroatoms. The second-order valence-corrected chi connectivity index (χ2v) is 7.71. The Morgan fingerprint density at radius 2 is 1.79 bits per heavy atom. The highest BCUT2D eigenvalue weighted by molar-refractivity contribution is 6.03. The number of hydrogen-bond acceptors (Lipinski definition) is 4. The van der Waals surface area contributed by atoms with Crippen LogP contribution in [0, 0.1) is 12.3 Å². The molecule has 1 aromatic rings. The third-order valence-corrected chi connectivity index (χ3v) is 5.87. The molecule has 3 atom stereocenters. The van der Waals surface area contributed by atoms with E-state index in [0.29, 0.717) is 12.8 Å². The van der Waals surface area contributed by atoms with Crippen LogP contribution in [0.15, 0.2) is 24.3 Å². The molecular weight excluding hydrogens is 372 g/mol. The van der Waals surface area contributed by atoms with Gasteiger partial charge in [-0.05, 0) is 38.7 Å². The molecule has 1 fully saturated rings. The van der Waals surface area contributed by atoms with E-state index >= 15 is 0 Å². The van der Waals surface area contributed by atoms with Crippen molar-refractivity contribution in [2.45, 2.75) is 78.7 Å². The number of carboxylic acid groups (broad SMARTS) is 1. The van der Waals surface area contributed by atoms with E-state index in [-0.39, 0.29) is 11.9 Å². The Labute approximate surface area is 172 Å². The van der Waals surface area contributed by atoms with Gasteiger partial charge in [0.05, 0.1) is 11.5 Å². The first-order valence-electron chi connectivity index (χ1n) is 10.3. The molecule has 29 heavy (non-hydrogen) atoms. The summed E-state index contributed by atoms with van der Waals surface area (Å²) in [5.74, 6) is -1.45. The molecule has 3 amide bonds. The summed E-state index contributed by atoms with van der Waals surface area (Å²) in [5.41, 5.74) is 1.22. The second kappa shape index (κ2) is 9.39. The Balaban J connectivity index is 2.24. The van der Waals surface area contributed by atoms with Crippen LogP contribution in [0.5, 0.6) is 0 Å². The molecule has 0 aromatic heterocycles. The van der Waals surface area contributed by atoms with Gasteiger partial charge in [0, 0.05) is 0 Å². The number of imide groups is 1. The van der Waals surface area contributed by atoms with Gasteiger partial charge in [0.25, 0.3) is 0 Å². The quantitative estimate of drug-likeness (QED) is 0.606. The predicted molar refractivity (Wildman–Crippen MR) is 109 cm³/mol. The van der Waals surface area contributed by atoms with Crippen molar-refractivity contribution in [1.29, 1.82) is 0 Å². The second-order valence-electron chi connectivity index (χ2n) is 7.71. The van der Waals surface area contributed by atoms with Gasteiger partial charge in [0.15, 0.2) is 12.3 Å². The molecule has 0 aliphatic carbocycles. The number of rotatable bonds is 9. The van der Waals surface area contributed by atoms with E-state index in [2.05, 4.69) is 5.32 Å². The van der Waals surface area contributed by atoms with E-state index in [1.807, 2.05) is 52.0 Å². The predicted octanol–water partition coefficient (Wildman–Crippen LogP) is 4.01. The number of carboxylic acids is 1. The summed E-state index contributed by atoms with van der Waals surface area (Å²) in [4.78, 5) is 38.2. The van der Waals surface area contributed by atoms with E-state index in [1.54, 1.807) is 0 Å². The number of aryl methyl sites for hydroxylation is 1. The number of nitrogens with zero attached hydrogens (tertiary/aromatic N) is 1. The molecule has 3 unspecified atom stereocenters. The number of nitrogens with one attached hydrogen (secondary N) is 1. The Hall–Kier alpha value is -2.41. The van der Waals surface area contributed by atoms with Crippen LogP contribution >= 0.6 is 0 Å². The van der Waals surface area contributed by atoms with Crippen molar-refractivity contribution in [2.24, 2.45) is 5.41 Å². The van der Waals surface area contributed by atoms with Gasteiger partial charge in [0.2, 0.25) is 5.91 Å². The lowest BCUT2D eigenvalue weighted by Gasteiger charge is -2.54. The Kier molecular flexibility index (Phi) is 7.41. The maximum absolute atomic E-state index is 13.0. The molecule has 0 spiro atoms. The van der Waals surface area contributed by atoms with E-state index in [1.165, 1.54) is 6.92 Å². The van der Waals surface area contributed by atoms with Gasteiger partial charge in [-0.1, -0.05) is 57.0 Å². The smallest absolute Gasteiger partial charge is 0.332 e. The summed E-state index contributed by atoms with van der Waals surface area (Å²) in [6.45, 7) is 9.14. The van der Waals surface area contributed by atoms with Gasteiger partial charge in [0.1, 0.15) is 0 Å². The van der Waals surface area contributed by atoms with Crippen molar-refractivity contribution in [3.8, 4) is 0 Å². The van der Waals surface area contributed by atoms with E-state index in [9.17, 15) is 19.5 Å². The summed E-state index contributed by atoms with van der Waals surface area (Å²) >= 11 is 0. The number of β-lactam (4-membered cyclic amide) rings is 1. The molecular formula is C22H32N2O5. The van der Waals surface area contributed by atoms with Crippen LogP contribution in [0.3, 0.4) is 0 Å². The number of urea groups is 1. The first-order valence-corrected chi connectivity index (χ1v) is 10.3. The van der Waals surface area contributed by atoms with Crippen molar-refractivity contribution in [1.82, 2.24) is 10.2 Å². The highest BCUT2D eigenvalue weighted by atomic mass is 16.5. The van der Waals surface area contributed by atoms with Crippen molar-refractivity contribution in [3.05, 3.63) is 35.4 Å². The molecule has 1 saturated heterocycles. The number of carbonyl (C=O) groups excluding carboxylic acids is 2. The molecule has 1 heterocycles. The summed E-state index contributed by atoms with van der Waals surface area (Å²) in [6, 6.07) is 7.12. The normalized spacial score (nSPS) is 20.0. The summed E-state index contributed by atoms with van der Waals surface area (Å²) < 4.78 is 5.66. The van der Waals surface area contributed by atoms with Crippen LogP contribution in [0.2, 0.25) is 0 Å². The molecule has 1 aliphatic heterocycles. The topological polar surface area (TPSA) is 95.9 Å². The largest absolute Gasteiger partial charge is 0.479 e. The highest BCUT2D eigenvalue weighted by Crippen LogP contribution is 2.46. The maximum Gasteiger partial charge on any atom is 0.332 e. The van der Waals surface area contributed by atoms with Gasteiger partial charge in [-0.25, -0.2) is 14.5 Å². The molecule has 7 nitrogen and oxygen atoms in total. The van der Waals surface area contributed by atoms with Gasteiger partial charge in [-0.2, -0.15) is 0 Å². The lowest BCUT2D eigenvalue weighted by Crippen LogP contribution is -2.73. The van der Waals surface area contributed by atoms with Crippen LogP contribution < -0.4 is 5.32 Å². The monoisotopic (exact) mass is 404 g/mol. The molecule has 160 valence electrons. The van der Waals surface area contributed by atoms with Crippen LogP contribution in [-0.4, -0.2) is 40.2 Å². The zero-order valence-electron chi connectivity index (χ0n) is 17.9. The minimum absolute atomic E-state index is 0.239. The van der Waals surface area contributed by atoms with E-state index in [4.69, 9.17) is 4.74 Å². The number of hydrogen-bond donors (Lipinski definition) is 2. The third kappa shape index (κ3) is 4.45. The fourth-order valence-electron chi connectivity index (χ4n) is 3.80. The summed E-state index contributed by atoms with van der Waals surface area (Å²) in [6.07, 6.45) is 0.511. The fourth-order valence-corrected chi connectivity index (χ4v) is 3.80. The average Bonchev–Trinajstić information content (AvgIpc) is 2.69. The number of ether oxygens (including phenoxy) is 1. The first kappa shape index (κ1) is 22.9. The molecule has 0 bridgehead atoms. The number of benzene rings is 1. The Morgan fingerprint density at radius 3 is 2.28 bits per heavy atom. The number of amides is 3. The van der Waals surface area contributed by atoms with Gasteiger partial charge in [-0.3, -0.25) is 4.79 Å². The zero-order valence-corrected chi connectivity index (χ0v) is 17.9. The van der Waals surface area contributed by atoms with Gasteiger partial charge < -0.3 is 15.2 Å². The SMILES string of the molecule is CCCC(NC(=O)N1C(=O)C(CC)(CC)C1OC(C)C(=O)O)c1ccc(C)cc1. The van der Waals surface area contributed by atoms with Crippen LogP contribution in [0.1, 0.15) is 70.5 Å². The molecule has 0 saturated carbocycles. The van der Waals surface area contributed by atoms with E-state index in [0.717, 1.165) is 28.9 Å². The Morgan fingerprint density at radius 1 is 1.21 bits per heavy atom. The maximum atomic E-state index is 13.0. The molecule has 2 rings (SSSR count). The zero-order chi connectivity index (χ0) is 21.8. The molecule has 1 aromatic carbocycles. The summed E-state index contributed by atoms with van der Waals surface area (Å²) in [7, 11) is 0. The van der Waals surface area contributed by atoms with Crippen molar-refractivity contribution in [2.75, 3.05) is 0 Å². The lowest BCUT2D eigenvalue weighted by atomic mass is 9.72. The highest BCUT2D eigenvalue weighted by Gasteiger charge is 2.62. The lowest BCUT2D eigenvalue weighted by molar-refractivity contribution is -0.223. The summed E-state index contributed by atoms with van der Waals surface area (Å²) in [5, 5.41) is 12.2. The van der Waals surface area contributed by atoms with Crippen LogP contribution in [0.25, 0.3) is 0 Å². The molecule has 2 N–H and O–H groups in total.